The molecule has 29 heavy (non-hydrogen) atoms. The van der Waals surface area contributed by atoms with Gasteiger partial charge in [-0.15, -0.1) is 0 Å². The molecule has 154 valence electrons. The van der Waals surface area contributed by atoms with Crippen molar-refractivity contribution in [2.75, 3.05) is 67.8 Å². The topological polar surface area (TPSA) is 91.9 Å². The van der Waals surface area contributed by atoms with Crippen molar-refractivity contribution in [2.24, 2.45) is 0 Å². The molecule has 1 amide bonds. The first kappa shape index (κ1) is 19.4. The minimum atomic E-state index is -0.206. The van der Waals surface area contributed by atoms with E-state index in [-0.39, 0.29) is 5.91 Å². The van der Waals surface area contributed by atoms with E-state index in [1.807, 2.05) is 31.2 Å². The molecule has 2 aromatic rings. The summed E-state index contributed by atoms with van der Waals surface area (Å²) >= 11 is 0. The summed E-state index contributed by atoms with van der Waals surface area (Å²) in [6, 6.07) is 9.32. The molecular formula is C20H26N6O3. The number of carbonyl (C=O) groups is 1. The maximum Gasteiger partial charge on any atom is 0.269 e. The lowest BCUT2D eigenvalue weighted by Gasteiger charge is -2.31. The molecule has 2 N–H and O–H groups in total. The quantitative estimate of drug-likeness (QED) is 0.727. The fourth-order valence-corrected chi connectivity index (χ4v) is 3.36. The zero-order valence-electron chi connectivity index (χ0n) is 16.6. The van der Waals surface area contributed by atoms with E-state index >= 15 is 0 Å². The van der Waals surface area contributed by atoms with Crippen LogP contribution < -0.4 is 20.7 Å². The average molecular weight is 398 g/mol. The number of hydrazine groups is 1. The lowest BCUT2D eigenvalue weighted by molar-refractivity contribution is 0.0962. The summed E-state index contributed by atoms with van der Waals surface area (Å²) < 4.78 is 10.9. The van der Waals surface area contributed by atoms with Crippen LogP contribution in [-0.2, 0) is 9.47 Å². The third-order valence-electron chi connectivity index (χ3n) is 5.02. The number of ether oxygens (including phenoxy) is 2. The van der Waals surface area contributed by atoms with Crippen molar-refractivity contribution in [3.63, 3.8) is 0 Å². The number of anilines is 3. The van der Waals surface area contributed by atoms with Gasteiger partial charge in [-0.3, -0.25) is 15.6 Å². The van der Waals surface area contributed by atoms with Gasteiger partial charge in [0, 0.05) is 37.8 Å². The highest BCUT2D eigenvalue weighted by atomic mass is 16.5. The summed E-state index contributed by atoms with van der Waals surface area (Å²) in [5.41, 5.74) is 7.25. The fourth-order valence-electron chi connectivity index (χ4n) is 3.36. The number of morpholine rings is 2. The number of aromatic nitrogens is 2. The molecule has 2 saturated heterocycles. The molecule has 2 aliphatic heterocycles. The molecule has 3 heterocycles. The molecule has 2 fully saturated rings. The van der Waals surface area contributed by atoms with Crippen molar-refractivity contribution in [3.05, 3.63) is 41.5 Å². The lowest BCUT2D eigenvalue weighted by Crippen LogP contribution is -2.40. The van der Waals surface area contributed by atoms with E-state index in [2.05, 4.69) is 25.6 Å². The maximum absolute atomic E-state index is 12.5. The van der Waals surface area contributed by atoms with E-state index in [4.69, 9.17) is 14.5 Å². The number of hydrogen-bond acceptors (Lipinski definition) is 8. The Balaban J connectivity index is 1.54. The number of hydrogen-bond donors (Lipinski definition) is 2. The van der Waals surface area contributed by atoms with E-state index in [9.17, 15) is 4.79 Å². The van der Waals surface area contributed by atoms with Crippen LogP contribution in [0.1, 0.15) is 15.9 Å². The Morgan fingerprint density at radius 3 is 2.31 bits per heavy atom. The molecule has 4 rings (SSSR count). The van der Waals surface area contributed by atoms with Crippen molar-refractivity contribution in [1.29, 1.82) is 0 Å². The van der Waals surface area contributed by atoms with Crippen LogP contribution in [-0.4, -0.2) is 68.5 Å². The summed E-state index contributed by atoms with van der Waals surface area (Å²) in [4.78, 5) is 26.2. The highest BCUT2D eigenvalue weighted by Gasteiger charge is 2.20. The number of benzene rings is 1. The van der Waals surface area contributed by atoms with Crippen LogP contribution in [0.2, 0.25) is 0 Å². The van der Waals surface area contributed by atoms with Gasteiger partial charge in [-0.2, -0.15) is 9.97 Å². The molecule has 0 aliphatic carbocycles. The van der Waals surface area contributed by atoms with Crippen LogP contribution in [0.4, 0.5) is 17.6 Å². The fraction of sp³-hybridized carbons (Fsp3) is 0.450. The number of nitrogens with one attached hydrogen (secondary N) is 2. The van der Waals surface area contributed by atoms with Gasteiger partial charge in [0.2, 0.25) is 5.95 Å². The van der Waals surface area contributed by atoms with Crippen LogP contribution in [0.25, 0.3) is 0 Å². The SMILES string of the molecule is Cc1ccccc1C(=O)NNc1cc(N2CCOCC2)nc(N2CCOCC2)n1. The van der Waals surface area contributed by atoms with E-state index in [0.29, 0.717) is 43.8 Å². The Labute approximate surface area is 170 Å². The monoisotopic (exact) mass is 398 g/mol. The minimum absolute atomic E-state index is 0.206. The Kier molecular flexibility index (Phi) is 6.06. The van der Waals surface area contributed by atoms with Crippen molar-refractivity contribution in [1.82, 2.24) is 15.4 Å². The summed E-state index contributed by atoms with van der Waals surface area (Å²) in [5, 5.41) is 0. The van der Waals surface area contributed by atoms with Gasteiger partial charge in [0.05, 0.1) is 26.4 Å². The molecule has 0 saturated carbocycles. The number of amides is 1. The first-order chi connectivity index (χ1) is 14.2. The second-order valence-corrected chi connectivity index (χ2v) is 7.00. The van der Waals surface area contributed by atoms with E-state index in [0.717, 1.165) is 37.6 Å². The molecule has 0 atom stereocenters. The van der Waals surface area contributed by atoms with Crippen LogP contribution in [0.3, 0.4) is 0 Å². The van der Waals surface area contributed by atoms with Crippen molar-refractivity contribution in [2.45, 2.75) is 6.92 Å². The highest BCUT2D eigenvalue weighted by molar-refractivity contribution is 5.96. The van der Waals surface area contributed by atoms with Gasteiger partial charge in [-0.05, 0) is 18.6 Å². The number of carbonyl (C=O) groups excluding carboxylic acids is 1. The van der Waals surface area contributed by atoms with Crippen LogP contribution in [0.5, 0.6) is 0 Å². The Bertz CT molecular complexity index is 814. The van der Waals surface area contributed by atoms with Crippen molar-refractivity contribution in [3.8, 4) is 0 Å². The number of nitrogens with zero attached hydrogens (tertiary/aromatic N) is 4. The molecule has 9 heteroatoms. The molecule has 1 aromatic carbocycles. The summed E-state index contributed by atoms with van der Waals surface area (Å²) in [6.07, 6.45) is 0. The van der Waals surface area contributed by atoms with Gasteiger partial charge >= 0.3 is 0 Å². The Morgan fingerprint density at radius 1 is 0.966 bits per heavy atom. The van der Waals surface area contributed by atoms with Gasteiger partial charge < -0.3 is 19.3 Å². The average Bonchev–Trinajstić information content (AvgIpc) is 2.79. The van der Waals surface area contributed by atoms with Gasteiger partial charge in [-0.1, -0.05) is 18.2 Å². The maximum atomic E-state index is 12.5. The normalized spacial score (nSPS) is 17.1. The highest BCUT2D eigenvalue weighted by Crippen LogP contribution is 2.22. The molecule has 0 radical (unpaired) electrons. The first-order valence-corrected chi connectivity index (χ1v) is 9.87. The van der Waals surface area contributed by atoms with Crippen LogP contribution in [0, 0.1) is 6.92 Å². The molecule has 2 aliphatic rings. The van der Waals surface area contributed by atoms with Gasteiger partial charge in [-0.25, -0.2) is 0 Å². The second kappa shape index (κ2) is 9.06. The number of aryl methyl sites for hydroxylation is 1. The molecule has 0 bridgehead atoms. The predicted molar refractivity (Wildman–Crippen MR) is 110 cm³/mol. The van der Waals surface area contributed by atoms with Crippen molar-refractivity contribution >= 4 is 23.5 Å². The third kappa shape index (κ3) is 4.75. The second-order valence-electron chi connectivity index (χ2n) is 7.00. The molecule has 9 nitrogen and oxygen atoms in total. The summed E-state index contributed by atoms with van der Waals surface area (Å²) in [6.45, 7) is 7.57. The molecular weight excluding hydrogens is 372 g/mol. The zero-order chi connectivity index (χ0) is 20.1. The smallest absolute Gasteiger partial charge is 0.269 e. The summed E-state index contributed by atoms with van der Waals surface area (Å²) in [5.74, 6) is 1.79. The van der Waals surface area contributed by atoms with Crippen LogP contribution in [0.15, 0.2) is 30.3 Å². The Morgan fingerprint density at radius 2 is 1.62 bits per heavy atom. The predicted octanol–water partition coefficient (Wildman–Crippen LogP) is 1.22. The van der Waals surface area contributed by atoms with Crippen LogP contribution >= 0.6 is 0 Å². The van der Waals surface area contributed by atoms with Gasteiger partial charge in [0.15, 0.2) is 5.82 Å². The first-order valence-electron chi connectivity index (χ1n) is 9.87. The Hall–Kier alpha value is -2.91. The van der Waals surface area contributed by atoms with E-state index < -0.39 is 0 Å². The molecule has 0 spiro atoms. The lowest BCUT2D eigenvalue weighted by atomic mass is 10.1. The zero-order valence-corrected chi connectivity index (χ0v) is 16.6. The third-order valence-corrected chi connectivity index (χ3v) is 5.02. The van der Waals surface area contributed by atoms with Crippen molar-refractivity contribution < 1.29 is 14.3 Å². The number of rotatable bonds is 5. The summed E-state index contributed by atoms with van der Waals surface area (Å²) in [7, 11) is 0. The largest absolute Gasteiger partial charge is 0.378 e. The molecule has 0 unspecified atom stereocenters. The minimum Gasteiger partial charge on any atom is -0.378 e. The van der Waals surface area contributed by atoms with Gasteiger partial charge in [0.25, 0.3) is 5.91 Å². The van der Waals surface area contributed by atoms with E-state index in [1.165, 1.54) is 0 Å². The van der Waals surface area contributed by atoms with E-state index in [1.54, 1.807) is 6.07 Å². The standard InChI is InChI=1S/C20H26N6O3/c1-15-4-2-3-5-16(15)19(27)24-23-17-14-18(25-6-10-28-11-7-25)22-20(21-17)26-8-12-29-13-9-26/h2-5,14H,6-13H2,1H3,(H,24,27)(H,21,22,23). The molecule has 1 aromatic heterocycles. The van der Waals surface area contributed by atoms with Gasteiger partial charge in [0.1, 0.15) is 5.82 Å².